The molecule has 3 atom stereocenters. The number of phenols is 1. The molecule has 3 heterocycles. The van der Waals surface area contributed by atoms with Crippen molar-refractivity contribution >= 4 is 28.0 Å². The predicted molar refractivity (Wildman–Crippen MR) is 221 cm³/mol. The summed E-state index contributed by atoms with van der Waals surface area (Å²) >= 11 is 0. The van der Waals surface area contributed by atoms with Gasteiger partial charge in [0.05, 0.1) is 43.9 Å². The summed E-state index contributed by atoms with van der Waals surface area (Å²) < 4.78 is 21.3. The van der Waals surface area contributed by atoms with Crippen molar-refractivity contribution < 1.29 is 24.1 Å². The minimum atomic E-state index is -0.157. The first-order valence-corrected chi connectivity index (χ1v) is 18.9. The molecular formula is C46H49N5O5. The molecule has 7 aromatic rings. The number of amides is 1. The third kappa shape index (κ3) is 7.51. The van der Waals surface area contributed by atoms with Crippen molar-refractivity contribution in [3.8, 4) is 45.3 Å². The van der Waals surface area contributed by atoms with Crippen molar-refractivity contribution in [2.75, 3.05) is 20.8 Å². The van der Waals surface area contributed by atoms with Crippen LogP contribution in [0.4, 0.5) is 0 Å². The number of carbonyl (C=O) groups excluding carboxylic acids is 1. The number of hydrogen-bond donors (Lipinski definition) is 1. The molecule has 0 aliphatic carbocycles. The minimum Gasteiger partial charge on any atom is -0.506 e. The summed E-state index contributed by atoms with van der Waals surface area (Å²) in [6, 6.07) is 30.3. The van der Waals surface area contributed by atoms with Gasteiger partial charge in [-0.25, -0.2) is 9.97 Å². The Morgan fingerprint density at radius 1 is 0.696 bits per heavy atom. The Labute approximate surface area is 327 Å². The molecule has 56 heavy (non-hydrogen) atoms. The van der Waals surface area contributed by atoms with Crippen LogP contribution in [0.3, 0.4) is 0 Å². The number of likely N-dealkylation sites (tertiary alicyclic amines) is 1. The molecule has 1 saturated heterocycles. The highest BCUT2D eigenvalue weighted by atomic mass is 16.5. The number of aromatic nitrogens is 4. The molecular weight excluding hydrogens is 703 g/mol. The van der Waals surface area contributed by atoms with Gasteiger partial charge in [0.25, 0.3) is 0 Å². The minimum absolute atomic E-state index is 0.0306. The Kier molecular flexibility index (Phi) is 10.7. The Bertz CT molecular complexity index is 2520. The molecule has 288 valence electrons. The van der Waals surface area contributed by atoms with Gasteiger partial charge in [-0.1, -0.05) is 54.6 Å². The van der Waals surface area contributed by atoms with Crippen LogP contribution in [0.2, 0.25) is 0 Å². The summed E-state index contributed by atoms with van der Waals surface area (Å²) in [5.41, 5.74) is 11.1. The lowest BCUT2D eigenvalue weighted by Crippen LogP contribution is -2.31. The van der Waals surface area contributed by atoms with Crippen LogP contribution in [0.15, 0.2) is 104 Å². The second kappa shape index (κ2) is 15.8. The van der Waals surface area contributed by atoms with Crippen LogP contribution in [0.5, 0.6) is 23.0 Å². The lowest BCUT2D eigenvalue weighted by Gasteiger charge is -2.27. The summed E-state index contributed by atoms with van der Waals surface area (Å²) in [4.78, 5) is 23.8. The molecule has 0 unspecified atom stereocenters. The zero-order valence-electron chi connectivity index (χ0n) is 33.3. The van der Waals surface area contributed by atoms with E-state index in [1.54, 1.807) is 32.9 Å². The number of ether oxygens (including phenoxy) is 3. The van der Waals surface area contributed by atoms with Crippen molar-refractivity contribution in [3.05, 3.63) is 120 Å². The second-order valence-corrected chi connectivity index (χ2v) is 14.7. The molecule has 1 fully saturated rings. The highest BCUT2D eigenvalue weighted by molar-refractivity contribution is 5.89. The van der Waals surface area contributed by atoms with Crippen molar-refractivity contribution in [2.45, 2.75) is 46.3 Å². The van der Waals surface area contributed by atoms with Crippen LogP contribution in [0.25, 0.3) is 44.3 Å². The van der Waals surface area contributed by atoms with Crippen LogP contribution >= 0.6 is 0 Å². The Hall–Kier alpha value is -6.29. The number of methoxy groups -OCH3 is 2. The zero-order valence-corrected chi connectivity index (χ0v) is 33.3. The van der Waals surface area contributed by atoms with Crippen LogP contribution in [-0.4, -0.2) is 61.9 Å². The lowest BCUT2D eigenvalue weighted by atomic mass is 10.00. The molecule has 0 saturated carbocycles. The molecule has 1 N–H and O–H groups in total. The first kappa shape index (κ1) is 38.0. The van der Waals surface area contributed by atoms with Crippen LogP contribution in [0, 0.1) is 19.8 Å². The zero-order chi connectivity index (χ0) is 39.7. The molecule has 0 bridgehead atoms. The van der Waals surface area contributed by atoms with Crippen molar-refractivity contribution in [2.24, 2.45) is 20.0 Å². The fourth-order valence-corrected chi connectivity index (χ4v) is 7.54. The first-order chi connectivity index (χ1) is 26.9. The van der Waals surface area contributed by atoms with E-state index < -0.39 is 0 Å². The quantitative estimate of drug-likeness (QED) is 0.157. The third-order valence-electron chi connectivity index (χ3n) is 11.0. The molecule has 2 aromatic heterocycles. The summed E-state index contributed by atoms with van der Waals surface area (Å²) in [5.74, 6) is 2.61. The second-order valence-electron chi connectivity index (χ2n) is 14.7. The molecule has 5 aromatic carbocycles. The third-order valence-corrected chi connectivity index (χ3v) is 11.0. The number of aromatic hydroxyl groups is 1. The number of rotatable bonds is 9. The van der Waals surface area contributed by atoms with Gasteiger partial charge >= 0.3 is 0 Å². The normalized spacial score (nSPS) is 15.1. The van der Waals surface area contributed by atoms with E-state index >= 15 is 0 Å². The van der Waals surface area contributed by atoms with Gasteiger partial charge in [0, 0.05) is 33.0 Å². The van der Waals surface area contributed by atoms with E-state index in [0.717, 1.165) is 55.6 Å². The number of nitrogens with zero attached hydrogens (tertiary/aromatic N) is 5. The molecule has 1 aliphatic heterocycles. The van der Waals surface area contributed by atoms with Gasteiger partial charge in [-0.05, 0) is 103 Å². The predicted octanol–water partition coefficient (Wildman–Crippen LogP) is 9.20. The number of imidazole rings is 2. The Balaban J connectivity index is 0.000000211. The molecule has 1 aliphatic rings. The maximum atomic E-state index is 13.0. The van der Waals surface area contributed by atoms with E-state index in [1.807, 2.05) is 76.7 Å². The monoisotopic (exact) mass is 751 g/mol. The van der Waals surface area contributed by atoms with Gasteiger partial charge < -0.3 is 33.4 Å². The van der Waals surface area contributed by atoms with E-state index in [9.17, 15) is 9.90 Å². The van der Waals surface area contributed by atoms with Crippen LogP contribution < -0.4 is 14.2 Å². The smallest absolute Gasteiger partial charge is 0.223 e. The maximum Gasteiger partial charge on any atom is 0.223 e. The number of fused-ring (bicyclic) bond motifs is 2. The number of carbonyl (C=O) groups is 1. The summed E-state index contributed by atoms with van der Waals surface area (Å²) in [6.07, 6.45) is 3.83. The van der Waals surface area contributed by atoms with Gasteiger partial charge in [-0.15, -0.1) is 0 Å². The fraction of sp³-hybridized carbons (Fsp3) is 0.283. The average molecular weight is 752 g/mol. The summed E-state index contributed by atoms with van der Waals surface area (Å²) in [7, 11) is 7.10. The number of hydrogen-bond acceptors (Lipinski definition) is 7. The van der Waals surface area contributed by atoms with E-state index in [2.05, 4.69) is 74.1 Å². The van der Waals surface area contributed by atoms with Gasteiger partial charge in [-0.2, -0.15) is 0 Å². The first-order valence-electron chi connectivity index (χ1n) is 18.9. The molecule has 10 heteroatoms. The molecule has 0 spiro atoms. The molecule has 8 rings (SSSR count). The number of benzene rings is 5. The SMILES string of the molecule is COc1ccc(-c2cc(O[C@H](C)[C@@H]3CC(=O)N([C@H](C)c4ccccc4)C3)c3c(c2)ncn3C)cc1OC.Cc1ccc(-c2cc(O)c3c(c2)ncn3C)cc1C. The highest BCUT2D eigenvalue weighted by Crippen LogP contribution is 2.38. The molecule has 0 radical (unpaired) electrons. The molecule has 10 nitrogen and oxygen atoms in total. The van der Waals surface area contributed by atoms with Crippen LogP contribution in [0.1, 0.15) is 43.0 Å². The van der Waals surface area contributed by atoms with Crippen molar-refractivity contribution in [1.29, 1.82) is 0 Å². The largest absolute Gasteiger partial charge is 0.506 e. The van der Waals surface area contributed by atoms with E-state index in [4.69, 9.17) is 14.2 Å². The topological polar surface area (TPSA) is 104 Å². The van der Waals surface area contributed by atoms with E-state index in [1.165, 1.54) is 11.1 Å². The van der Waals surface area contributed by atoms with E-state index in [0.29, 0.717) is 24.5 Å². The van der Waals surface area contributed by atoms with Gasteiger partial charge in [0.1, 0.15) is 28.6 Å². The number of phenolic OH excluding ortho intramolecular Hbond substituents is 1. The molecule has 1 amide bonds. The van der Waals surface area contributed by atoms with Gasteiger partial charge in [0.2, 0.25) is 5.91 Å². The number of aryl methyl sites for hydroxylation is 4. The maximum absolute atomic E-state index is 13.0. The standard InChI is InChI=1S/C30H33N3O4.C16H16N2O/c1-19(21-9-7-6-8-10-21)33-17-24(16-29(33)34)20(2)37-28-15-23(13-25-30(28)32(3)18-31-25)22-11-12-26(35-4)27(14-22)36-5;1-10-4-5-12(6-11(10)2)13-7-14-16(15(19)8-13)18(3)9-17-14/h6-15,18-20,24H,16-17H2,1-5H3;4-9,19H,1-3H3/t19-,20-,24-;/m1./s1. The fourth-order valence-electron chi connectivity index (χ4n) is 7.54. The highest BCUT2D eigenvalue weighted by Gasteiger charge is 2.37. The lowest BCUT2D eigenvalue weighted by molar-refractivity contribution is -0.129. The van der Waals surface area contributed by atoms with Gasteiger partial charge in [0.15, 0.2) is 11.5 Å². The van der Waals surface area contributed by atoms with E-state index in [-0.39, 0.29) is 29.7 Å². The van der Waals surface area contributed by atoms with Crippen LogP contribution in [-0.2, 0) is 18.9 Å². The van der Waals surface area contributed by atoms with Gasteiger partial charge in [-0.3, -0.25) is 4.79 Å². The van der Waals surface area contributed by atoms with Crippen molar-refractivity contribution in [1.82, 2.24) is 24.0 Å². The average Bonchev–Trinajstić information content (AvgIpc) is 3.91. The Morgan fingerprint density at radius 3 is 1.98 bits per heavy atom. The summed E-state index contributed by atoms with van der Waals surface area (Å²) in [6.45, 7) is 9.00. The summed E-state index contributed by atoms with van der Waals surface area (Å²) in [5, 5.41) is 10.1. The Morgan fingerprint density at radius 2 is 1.30 bits per heavy atom. The van der Waals surface area contributed by atoms with Crippen molar-refractivity contribution in [3.63, 3.8) is 0 Å².